The van der Waals surface area contributed by atoms with Crippen molar-refractivity contribution in [2.75, 3.05) is 0 Å². The third-order valence-electron chi connectivity index (χ3n) is 2.72. The molecule has 0 atom stereocenters. The highest BCUT2D eigenvalue weighted by Gasteiger charge is 2.09. The van der Waals surface area contributed by atoms with E-state index in [2.05, 4.69) is 12.0 Å². The Balaban J connectivity index is 2.48. The molecular weight excluding hydrogens is 234 g/mol. The summed E-state index contributed by atoms with van der Waals surface area (Å²) in [6.45, 7) is 3.53. The summed E-state index contributed by atoms with van der Waals surface area (Å²) in [6.07, 6.45) is 2.88. The Hall–Kier alpha value is -1.32. The minimum absolute atomic E-state index is 0.479. The molecule has 2 N–H and O–H groups in total. The predicted octanol–water partition coefficient (Wildman–Crippen LogP) is 3.07. The highest BCUT2D eigenvalue weighted by atomic mass is 35.5. The summed E-state index contributed by atoms with van der Waals surface area (Å²) < 4.78 is 2.00. The number of aryl methyl sites for hydroxylation is 1. The SMILES string of the molecule is CCCn1nccc1-c1ccc(Cl)cc1CN. The van der Waals surface area contributed by atoms with Gasteiger partial charge in [-0.15, -0.1) is 0 Å². The van der Waals surface area contributed by atoms with Gasteiger partial charge in [0.05, 0.1) is 5.69 Å². The molecule has 0 aliphatic heterocycles. The molecule has 1 heterocycles. The molecule has 0 spiro atoms. The average Bonchev–Trinajstić information content (AvgIpc) is 2.77. The molecule has 0 fully saturated rings. The first-order valence-corrected chi connectivity index (χ1v) is 6.14. The van der Waals surface area contributed by atoms with Gasteiger partial charge < -0.3 is 5.73 Å². The minimum Gasteiger partial charge on any atom is -0.326 e. The van der Waals surface area contributed by atoms with Crippen molar-refractivity contribution in [1.29, 1.82) is 0 Å². The normalized spacial score (nSPS) is 10.8. The Labute approximate surface area is 106 Å². The van der Waals surface area contributed by atoms with E-state index in [1.165, 1.54) is 0 Å². The van der Waals surface area contributed by atoms with Crippen LogP contribution < -0.4 is 5.73 Å². The highest BCUT2D eigenvalue weighted by Crippen LogP contribution is 2.26. The number of hydrogen-bond donors (Lipinski definition) is 1. The van der Waals surface area contributed by atoms with Crippen LogP contribution in [0.1, 0.15) is 18.9 Å². The fourth-order valence-corrected chi connectivity index (χ4v) is 2.13. The van der Waals surface area contributed by atoms with Crippen molar-refractivity contribution in [1.82, 2.24) is 9.78 Å². The van der Waals surface area contributed by atoms with Crippen LogP contribution in [-0.2, 0) is 13.1 Å². The molecule has 0 radical (unpaired) electrons. The van der Waals surface area contributed by atoms with Crippen LogP contribution in [-0.4, -0.2) is 9.78 Å². The topological polar surface area (TPSA) is 43.8 Å². The zero-order valence-electron chi connectivity index (χ0n) is 9.86. The molecule has 90 valence electrons. The molecular formula is C13H16ClN3. The molecule has 0 saturated carbocycles. The summed E-state index contributed by atoms with van der Waals surface area (Å²) in [7, 11) is 0. The molecule has 2 rings (SSSR count). The van der Waals surface area contributed by atoms with E-state index >= 15 is 0 Å². The molecule has 1 aromatic carbocycles. The van der Waals surface area contributed by atoms with Crippen LogP contribution in [0.3, 0.4) is 0 Å². The van der Waals surface area contributed by atoms with Gasteiger partial charge in [0.1, 0.15) is 0 Å². The Morgan fingerprint density at radius 1 is 1.35 bits per heavy atom. The van der Waals surface area contributed by atoms with E-state index in [0.717, 1.165) is 34.8 Å². The lowest BCUT2D eigenvalue weighted by Crippen LogP contribution is -2.04. The van der Waals surface area contributed by atoms with Gasteiger partial charge in [0.25, 0.3) is 0 Å². The smallest absolute Gasteiger partial charge is 0.0685 e. The second-order valence-electron chi connectivity index (χ2n) is 3.95. The molecule has 0 aliphatic carbocycles. The first kappa shape index (κ1) is 12.1. The first-order chi connectivity index (χ1) is 8.26. The predicted molar refractivity (Wildman–Crippen MR) is 70.9 cm³/mol. The zero-order valence-corrected chi connectivity index (χ0v) is 10.6. The lowest BCUT2D eigenvalue weighted by atomic mass is 10.0. The van der Waals surface area contributed by atoms with Gasteiger partial charge in [0, 0.05) is 29.9 Å². The minimum atomic E-state index is 0.479. The monoisotopic (exact) mass is 249 g/mol. The van der Waals surface area contributed by atoms with Crippen molar-refractivity contribution < 1.29 is 0 Å². The van der Waals surface area contributed by atoms with Gasteiger partial charge in [-0.05, 0) is 30.2 Å². The van der Waals surface area contributed by atoms with Crippen LogP contribution in [0.2, 0.25) is 5.02 Å². The Kier molecular flexibility index (Phi) is 3.82. The maximum atomic E-state index is 5.98. The van der Waals surface area contributed by atoms with Crippen molar-refractivity contribution in [3.05, 3.63) is 41.0 Å². The van der Waals surface area contributed by atoms with Crippen molar-refractivity contribution in [2.24, 2.45) is 5.73 Å². The summed E-state index contributed by atoms with van der Waals surface area (Å²) in [5.41, 5.74) is 9.03. The second-order valence-corrected chi connectivity index (χ2v) is 4.38. The lowest BCUT2D eigenvalue weighted by molar-refractivity contribution is 0.608. The maximum absolute atomic E-state index is 5.98. The number of benzene rings is 1. The summed E-state index contributed by atoms with van der Waals surface area (Å²) >= 11 is 5.98. The molecule has 0 saturated heterocycles. The molecule has 0 amide bonds. The van der Waals surface area contributed by atoms with Crippen molar-refractivity contribution >= 4 is 11.6 Å². The van der Waals surface area contributed by atoms with E-state index in [1.807, 2.05) is 35.1 Å². The quantitative estimate of drug-likeness (QED) is 0.905. The number of aromatic nitrogens is 2. The molecule has 0 bridgehead atoms. The van der Waals surface area contributed by atoms with Crippen LogP contribution in [0.15, 0.2) is 30.5 Å². The fourth-order valence-electron chi connectivity index (χ4n) is 1.93. The molecule has 0 aliphatic rings. The van der Waals surface area contributed by atoms with Gasteiger partial charge in [-0.2, -0.15) is 5.10 Å². The number of halogens is 1. The van der Waals surface area contributed by atoms with Gasteiger partial charge >= 0.3 is 0 Å². The molecule has 0 unspecified atom stereocenters. The summed E-state index contributed by atoms with van der Waals surface area (Å²) in [4.78, 5) is 0. The second kappa shape index (κ2) is 5.34. The molecule has 4 heteroatoms. The van der Waals surface area contributed by atoms with Crippen LogP contribution in [0.4, 0.5) is 0 Å². The third-order valence-corrected chi connectivity index (χ3v) is 2.95. The van der Waals surface area contributed by atoms with Crippen LogP contribution >= 0.6 is 11.6 Å². The Bertz CT molecular complexity index is 505. The van der Waals surface area contributed by atoms with Crippen LogP contribution in [0.5, 0.6) is 0 Å². The van der Waals surface area contributed by atoms with E-state index in [4.69, 9.17) is 17.3 Å². The zero-order chi connectivity index (χ0) is 12.3. The maximum Gasteiger partial charge on any atom is 0.0685 e. The van der Waals surface area contributed by atoms with Crippen molar-refractivity contribution in [3.8, 4) is 11.3 Å². The fraction of sp³-hybridized carbons (Fsp3) is 0.308. The molecule has 2 aromatic rings. The summed E-state index contributed by atoms with van der Waals surface area (Å²) in [5, 5.41) is 5.04. The van der Waals surface area contributed by atoms with Crippen LogP contribution in [0.25, 0.3) is 11.3 Å². The average molecular weight is 250 g/mol. The molecule has 3 nitrogen and oxygen atoms in total. The van der Waals surface area contributed by atoms with E-state index in [0.29, 0.717) is 6.54 Å². The van der Waals surface area contributed by atoms with E-state index in [-0.39, 0.29) is 0 Å². The molecule has 1 aromatic heterocycles. The van der Waals surface area contributed by atoms with E-state index in [1.54, 1.807) is 0 Å². The highest BCUT2D eigenvalue weighted by molar-refractivity contribution is 6.30. The Morgan fingerprint density at radius 3 is 2.88 bits per heavy atom. The third kappa shape index (κ3) is 2.51. The number of nitrogens with two attached hydrogens (primary N) is 1. The number of nitrogens with zero attached hydrogens (tertiary/aromatic N) is 2. The first-order valence-electron chi connectivity index (χ1n) is 5.77. The van der Waals surface area contributed by atoms with Gasteiger partial charge in [-0.25, -0.2) is 0 Å². The number of hydrogen-bond acceptors (Lipinski definition) is 2. The Morgan fingerprint density at radius 2 is 2.18 bits per heavy atom. The van der Waals surface area contributed by atoms with Gasteiger partial charge in [-0.3, -0.25) is 4.68 Å². The van der Waals surface area contributed by atoms with Crippen molar-refractivity contribution in [3.63, 3.8) is 0 Å². The summed E-state index contributed by atoms with van der Waals surface area (Å²) in [6, 6.07) is 7.82. The lowest BCUT2D eigenvalue weighted by Gasteiger charge is -2.10. The summed E-state index contributed by atoms with van der Waals surface area (Å²) in [5.74, 6) is 0. The number of rotatable bonds is 4. The van der Waals surface area contributed by atoms with Crippen LogP contribution in [0, 0.1) is 0 Å². The van der Waals surface area contributed by atoms with E-state index < -0.39 is 0 Å². The van der Waals surface area contributed by atoms with Crippen molar-refractivity contribution in [2.45, 2.75) is 26.4 Å². The van der Waals surface area contributed by atoms with Gasteiger partial charge in [-0.1, -0.05) is 24.6 Å². The van der Waals surface area contributed by atoms with E-state index in [9.17, 15) is 0 Å². The molecule has 17 heavy (non-hydrogen) atoms. The standard InChI is InChI=1S/C13H16ClN3/c1-2-7-17-13(5-6-16-17)12-4-3-11(14)8-10(12)9-15/h3-6,8H,2,7,9,15H2,1H3. The van der Waals surface area contributed by atoms with Gasteiger partial charge in [0.2, 0.25) is 0 Å². The largest absolute Gasteiger partial charge is 0.326 e. The van der Waals surface area contributed by atoms with Gasteiger partial charge in [0.15, 0.2) is 0 Å².